The highest BCUT2D eigenvalue weighted by molar-refractivity contribution is 5.92. The Morgan fingerprint density at radius 1 is 0.535 bits per heavy atom. The highest BCUT2D eigenvalue weighted by atomic mass is 16.7. The van der Waals surface area contributed by atoms with Crippen molar-refractivity contribution in [1.82, 2.24) is 0 Å². The topological polar surface area (TPSA) is 172 Å². The predicted molar refractivity (Wildman–Crippen MR) is 258 cm³/mol. The molecule has 1 saturated carbocycles. The minimum Gasteiger partial charge on any atom is -0.484 e. The van der Waals surface area contributed by atoms with Crippen molar-refractivity contribution >= 4 is 34.8 Å². The van der Waals surface area contributed by atoms with E-state index in [2.05, 4.69) is 6.92 Å². The average Bonchev–Trinajstić information content (AvgIpc) is 3.41. The van der Waals surface area contributed by atoms with Crippen LogP contribution < -0.4 is 19.8 Å². The monoisotopic (exact) mass is 958 g/mol. The number of ether oxygens (including phenoxy) is 8. The summed E-state index contributed by atoms with van der Waals surface area (Å²) in [6.45, 7) is 1.76. The first-order valence-corrected chi connectivity index (χ1v) is 23.4. The summed E-state index contributed by atoms with van der Waals surface area (Å²) in [7, 11) is 0. The molecular weight excluding hydrogens is 909 g/mol. The minimum absolute atomic E-state index is 0.0442. The Balaban J connectivity index is 1.12. The van der Waals surface area contributed by atoms with E-state index < -0.39 is 66.8 Å². The fourth-order valence-corrected chi connectivity index (χ4v) is 8.45. The molecule has 2 heterocycles. The molecule has 362 valence electrons. The van der Waals surface area contributed by atoms with Crippen molar-refractivity contribution in [3.63, 3.8) is 0 Å². The van der Waals surface area contributed by atoms with E-state index in [0.717, 1.165) is 31.2 Å². The molecule has 7 aromatic rings. The molecule has 9 rings (SSSR count). The lowest BCUT2D eigenvalue weighted by atomic mass is 9.89. The molecule has 1 aliphatic heterocycles. The van der Waals surface area contributed by atoms with Gasteiger partial charge in [0.25, 0.3) is 0 Å². The van der Waals surface area contributed by atoms with Gasteiger partial charge in [-0.3, -0.25) is 0 Å². The summed E-state index contributed by atoms with van der Waals surface area (Å²) >= 11 is 0. The Labute approximate surface area is 408 Å². The Bertz CT molecular complexity index is 2980. The van der Waals surface area contributed by atoms with Crippen LogP contribution in [0.3, 0.4) is 0 Å². The second kappa shape index (κ2) is 22.5. The zero-order valence-electron chi connectivity index (χ0n) is 38.7. The van der Waals surface area contributed by atoms with Crippen molar-refractivity contribution in [3.05, 3.63) is 208 Å². The van der Waals surface area contributed by atoms with E-state index in [1.165, 1.54) is 42.5 Å². The normalized spacial score (nSPS) is 20.7. The van der Waals surface area contributed by atoms with Crippen LogP contribution in [0.25, 0.3) is 11.0 Å². The first kappa shape index (κ1) is 47.8. The fourth-order valence-electron chi connectivity index (χ4n) is 8.45. The molecule has 71 heavy (non-hydrogen) atoms. The van der Waals surface area contributed by atoms with Crippen molar-refractivity contribution in [2.75, 3.05) is 6.61 Å². The summed E-state index contributed by atoms with van der Waals surface area (Å²) in [4.78, 5) is 69.6. The van der Waals surface area contributed by atoms with Crippen molar-refractivity contribution in [2.45, 2.75) is 76.0 Å². The third-order valence-corrected chi connectivity index (χ3v) is 12.3. The van der Waals surface area contributed by atoms with Gasteiger partial charge in [0.05, 0.1) is 33.7 Å². The number of fused-ring (bicyclic) bond motifs is 1. The zero-order chi connectivity index (χ0) is 49.1. The first-order valence-electron chi connectivity index (χ1n) is 23.4. The largest absolute Gasteiger partial charge is 0.484 e. The van der Waals surface area contributed by atoms with E-state index >= 15 is 0 Å². The molecule has 14 heteroatoms. The van der Waals surface area contributed by atoms with Crippen LogP contribution in [0.1, 0.15) is 79.6 Å². The van der Waals surface area contributed by atoms with Gasteiger partial charge in [-0.05, 0) is 97.8 Å². The molecule has 0 N–H and O–H groups in total. The van der Waals surface area contributed by atoms with Gasteiger partial charge < -0.3 is 42.3 Å². The molecule has 0 radical (unpaired) electrons. The summed E-state index contributed by atoms with van der Waals surface area (Å²) in [6.07, 6.45) is -4.79. The van der Waals surface area contributed by atoms with E-state index in [-0.39, 0.29) is 57.8 Å². The lowest BCUT2D eigenvalue weighted by Crippen LogP contribution is -2.63. The number of benzene rings is 6. The van der Waals surface area contributed by atoms with Gasteiger partial charge in [-0.15, -0.1) is 0 Å². The highest BCUT2D eigenvalue weighted by Crippen LogP contribution is 2.39. The third kappa shape index (κ3) is 11.8. The summed E-state index contributed by atoms with van der Waals surface area (Å²) in [5, 5.41) is 0.400. The van der Waals surface area contributed by atoms with E-state index in [1.807, 2.05) is 30.3 Å². The maximum absolute atomic E-state index is 14.1. The minimum atomic E-state index is -1.67. The summed E-state index contributed by atoms with van der Waals surface area (Å²) in [6, 6.07) is 46.5. The van der Waals surface area contributed by atoms with Gasteiger partial charge in [0.15, 0.2) is 18.0 Å². The molecule has 0 unspecified atom stereocenters. The second-order valence-corrected chi connectivity index (χ2v) is 17.3. The molecule has 14 nitrogen and oxygen atoms in total. The van der Waals surface area contributed by atoms with Crippen LogP contribution in [-0.2, 0) is 30.3 Å². The van der Waals surface area contributed by atoms with Crippen LogP contribution in [0.2, 0.25) is 0 Å². The first-order chi connectivity index (χ1) is 34.7. The van der Waals surface area contributed by atoms with Gasteiger partial charge in [-0.1, -0.05) is 110 Å². The van der Waals surface area contributed by atoms with E-state index in [1.54, 1.807) is 97.1 Å². The quantitative estimate of drug-likeness (QED) is 0.0509. The number of hydrogen-bond acceptors (Lipinski definition) is 14. The SMILES string of the molecule is C[C@H]1CC[C@@H](Oc2c(OCc3ccccc3)c3ccc(O[C@@H]4O[C@H](COC(=O)c5ccccc5)[C@@H](OC(=O)c5ccccc5)[C@H](OC(=O)c5ccccc5)[C@H]4OC(=O)c4ccccc4)cc3oc2=O)CC1. The van der Waals surface area contributed by atoms with Crippen molar-refractivity contribution < 1.29 is 61.5 Å². The summed E-state index contributed by atoms with van der Waals surface area (Å²) in [5.74, 6) is -2.57. The van der Waals surface area contributed by atoms with Gasteiger partial charge in [-0.2, -0.15) is 0 Å². The Kier molecular flexibility index (Phi) is 15.1. The van der Waals surface area contributed by atoms with Gasteiger partial charge in [0.2, 0.25) is 18.1 Å². The van der Waals surface area contributed by atoms with E-state index in [9.17, 15) is 24.0 Å². The number of carbonyl (C=O) groups is 4. The summed E-state index contributed by atoms with van der Waals surface area (Å²) < 4.78 is 56.2. The van der Waals surface area contributed by atoms with Crippen LogP contribution >= 0.6 is 0 Å². The maximum Gasteiger partial charge on any atom is 0.383 e. The molecule has 1 saturated heterocycles. The van der Waals surface area contributed by atoms with Gasteiger partial charge in [-0.25, -0.2) is 24.0 Å². The van der Waals surface area contributed by atoms with Crippen molar-refractivity contribution in [3.8, 4) is 17.2 Å². The van der Waals surface area contributed by atoms with Crippen LogP contribution in [-0.4, -0.2) is 67.3 Å². The second-order valence-electron chi connectivity index (χ2n) is 17.3. The number of carbonyl (C=O) groups excluding carboxylic acids is 4. The van der Waals surface area contributed by atoms with Crippen LogP contribution in [0.5, 0.6) is 17.2 Å². The van der Waals surface area contributed by atoms with Crippen molar-refractivity contribution in [1.29, 1.82) is 0 Å². The standard InChI is InChI=1S/C57H50O14/c1-36-27-29-42(30-28-36)65-50-47(63-34-37-17-7-2-8-18-37)44-32-31-43(33-45(44)67-56(50)62)66-57-51(71-55(61)41-25-15-6-16-26-41)49(70-54(60)40-23-13-5-14-24-40)48(69-53(59)39-21-11-4-12-22-39)46(68-57)35-64-52(58)38-19-9-3-10-20-38/h2-26,31-33,36,42,46,48-49,51,57H,27-30,34-35H2,1H3/t36-,42+,46-,48-,49+,51-,57-/m1/s1. The smallest absolute Gasteiger partial charge is 0.383 e. The maximum atomic E-state index is 14.1. The van der Waals surface area contributed by atoms with Crippen LogP contribution in [0.15, 0.2) is 179 Å². The molecule has 0 bridgehead atoms. The molecule has 0 spiro atoms. The predicted octanol–water partition coefficient (Wildman–Crippen LogP) is 9.97. The Morgan fingerprint density at radius 2 is 1.03 bits per heavy atom. The molecular formula is C57H50O14. The molecule has 6 aromatic carbocycles. The molecule has 1 aromatic heterocycles. The van der Waals surface area contributed by atoms with Crippen LogP contribution in [0, 0.1) is 5.92 Å². The summed E-state index contributed by atoms with van der Waals surface area (Å²) in [5.41, 5.74) is 0.774. The number of hydrogen-bond donors (Lipinski definition) is 0. The molecule has 2 fully saturated rings. The zero-order valence-corrected chi connectivity index (χ0v) is 38.7. The fraction of sp³-hybridized carbons (Fsp3) is 0.246. The number of esters is 4. The van der Waals surface area contributed by atoms with Gasteiger partial charge in [0, 0.05) is 6.07 Å². The molecule has 1 aliphatic carbocycles. The molecule has 0 amide bonds. The number of rotatable bonds is 16. The molecule has 5 atom stereocenters. The van der Waals surface area contributed by atoms with Gasteiger partial charge >= 0.3 is 29.5 Å². The van der Waals surface area contributed by atoms with Crippen molar-refractivity contribution in [2.24, 2.45) is 5.92 Å². The lowest BCUT2D eigenvalue weighted by molar-refractivity contribution is -0.275. The highest BCUT2D eigenvalue weighted by Gasteiger charge is 2.54. The lowest BCUT2D eigenvalue weighted by Gasteiger charge is -2.44. The van der Waals surface area contributed by atoms with Gasteiger partial charge in [0.1, 0.15) is 30.7 Å². The van der Waals surface area contributed by atoms with E-state index in [0.29, 0.717) is 11.3 Å². The molecule has 2 aliphatic rings. The average molecular weight is 959 g/mol. The Morgan fingerprint density at radius 3 is 1.58 bits per heavy atom. The Hall–Kier alpha value is -8.23. The third-order valence-electron chi connectivity index (χ3n) is 12.3. The van der Waals surface area contributed by atoms with E-state index in [4.69, 9.17) is 42.3 Å². The van der Waals surface area contributed by atoms with Crippen LogP contribution in [0.4, 0.5) is 0 Å².